The maximum Gasteiger partial charge on any atom is 0.254 e. The Morgan fingerprint density at radius 1 is 1.42 bits per heavy atom. The average molecular weight is 262 g/mol. The number of amides is 1. The molecule has 6 nitrogen and oxygen atoms in total. The molecule has 0 aliphatic carbocycles. The Balaban J connectivity index is 1.85. The highest BCUT2D eigenvalue weighted by molar-refractivity contribution is 5.93. The van der Waals surface area contributed by atoms with E-state index in [1.807, 2.05) is 0 Å². The van der Waals surface area contributed by atoms with E-state index in [0.29, 0.717) is 5.56 Å². The monoisotopic (exact) mass is 262 g/mol. The zero-order chi connectivity index (χ0) is 13.7. The lowest BCUT2D eigenvalue weighted by Gasteiger charge is -2.12. The first-order valence-corrected chi connectivity index (χ1v) is 5.81. The molecule has 0 saturated heterocycles. The minimum absolute atomic E-state index is 0.0609. The summed E-state index contributed by atoms with van der Waals surface area (Å²) in [6.45, 7) is 0.191. The van der Waals surface area contributed by atoms with Gasteiger partial charge in [-0.2, -0.15) is 0 Å². The zero-order valence-electron chi connectivity index (χ0n) is 10.2. The predicted molar refractivity (Wildman–Crippen MR) is 67.8 cm³/mol. The number of carbonyl (C=O) groups is 1. The van der Waals surface area contributed by atoms with Crippen LogP contribution in [0.4, 0.5) is 0 Å². The van der Waals surface area contributed by atoms with E-state index < -0.39 is 6.10 Å². The molecule has 0 aliphatic rings. The van der Waals surface area contributed by atoms with Crippen LogP contribution in [-0.2, 0) is 6.54 Å². The second-order valence-electron chi connectivity index (χ2n) is 4.07. The number of furan rings is 1. The fourth-order valence-electron chi connectivity index (χ4n) is 1.61. The van der Waals surface area contributed by atoms with Crippen LogP contribution >= 0.6 is 0 Å². The number of pyridine rings is 1. The van der Waals surface area contributed by atoms with E-state index in [0.717, 1.165) is 0 Å². The summed E-state index contributed by atoms with van der Waals surface area (Å²) >= 11 is 0. The number of nitrogens with one attached hydrogen (secondary N) is 1. The molecule has 2 N–H and O–H groups in total. The summed E-state index contributed by atoms with van der Waals surface area (Å²) < 4.78 is 6.17. The molecular formula is C13H14N2O4. The molecule has 19 heavy (non-hydrogen) atoms. The molecule has 2 rings (SSSR count). The van der Waals surface area contributed by atoms with Crippen molar-refractivity contribution in [2.45, 2.75) is 12.6 Å². The van der Waals surface area contributed by atoms with Crippen LogP contribution in [0.5, 0.6) is 0 Å². The molecule has 0 aromatic carbocycles. The third-order valence-electron chi connectivity index (χ3n) is 2.59. The molecule has 6 heteroatoms. The molecule has 0 fully saturated rings. The lowest BCUT2D eigenvalue weighted by molar-refractivity contribution is 0.0902. The molecule has 1 atom stereocenters. The Bertz CT molecular complexity index is 589. The van der Waals surface area contributed by atoms with E-state index in [1.165, 1.54) is 29.2 Å². The first-order valence-electron chi connectivity index (χ1n) is 5.81. The summed E-state index contributed by atoms with van der Waals surface area (Å²) in [5.74, 6) is -0.326. The molecule has 0 aliphatic heterocycles. The Kier molecular flexibility index (Phi) is 4.15. The molecule has 1 amide bonds. The molecule has 0 spiro atoms. The van der Waals surface area contributed by atoms with Gasteiger partial charge in [-0.3, -0.25) is 9.59 Å². The number of aromatic nitrogens is 1. The predicted octanol–water partition coefficient (Wildman–Crippen LogP) is 0.232. The lowest BCUT2D eigenvalue weighted by atomic mass is 10.3. The van der Waals surface area contributed by atoms with E-state index in [9.17, 15) is 14.7 Å². The van der Waals surface area contributed by atoms with Gasteiger partial charge in [0.15, 0.2) is 0 Å². The number of hydrogen-bond donors (Lipinski definition) is 2. The van der Waals surface area contributed by atoms with Gasteiger partial charge in [0, 0.05) is 18.8 Å². The first kappa shape index (κ1) is 13.1. The summed E-state index contributed by atoms with van der Waals surface area (Å²) in [6, 6.07) is 6.28. The molecule has 2 aromatic heterocycles. The van der Waals surface area contributed by atoms with Gasteiger partial charge in [-0.05, 0) is 12.1 Å². The molecule has 100 valence electrons. The maximum absolute atomic E-state index is 11.6. The molecule has 2 heterocycles. The zero-order valence-corrected chi connectivity index (χ0v) is 10.2. The van der Waals surface area contributed by atoms with Crippen molar-refractivity contribution in [3.8, 4) is 0 Å². The first-order chi connectivity index (χ1) is 9.16. The molecule has 0 saturated carbocycles. The van der Waals surface area contributed by atoms with Crippen molar-refractivity contribution in [2.75, 3.05) is 6.54 Å². The van der Waals surface area contributed by atoms with Gasteiger partial charge in [0.05, 0.1) is 24.5 Å². The fourth-order valence-corrected chi connectivity index (χ4v) is 1.61. The van der Waals surface area contributed by atoms with Gasteiger partial charge in [-0.15, -0.1) is 0 Å². The standard InChI is InChI=1S/C13H14N2O4/c16-11(8-15-5-2-1-3-12(15)17)7-14-13(18)10-4-6-19-9-10/h1-6,9,11,16H,7-8H2,(H,14,18). The minimum atomic E-state index is -0.837. The Morgan fingerprint density at radius 2 is 2.26 bits per heavy atom. The van der Waals surface area contributed by atoms with Crippen LogP contribution in [0.2, 0.25) is 0 Å². The number of aliphatic hydroxyl groups is 1. The largest absolute Gasteiger partial charge is 0.472 e. The molecule has 0 bridgehead atoms. The maximum atomic E-state index is 11.6. The van der Waals surface area contributed by atoms with Crippen LogP contribution in [-0.4, -0.2) is 28.2 Å². The summed E-state index contributed by atoms with van der Waals surface area (Å²) in [5.41, 5.74) is 0.201. The van der Waals surface area contributed by atoms with Crippen molar-refractivity contribution < 1.29 is 14.3 Å². The number of hydrogen-bond acceptors (Lipinski definition) is 4. The minimum Gasteiger partial charge on any atom is -0.472 e. The number of aliphatic hydroxyl groups excluding tert-OH is 1. The summed E-state index contributed by atoms with van der Waals surface area (Å²) in [5, 5.41) is 12.3. The highest BCUT2D eigenvalue weighted by Crippen LogP contribution is 1.99. The van der Waals surface area contributed by atoms with E-state index in [1.54, 1.807) is 18.3 Å². The van der Waals surface area contributed by atoms with Crippen LogP contribution < -0.4 is 10.9 Å². The quantitative estimate of drug-likeness (QED) is 0.808. The number of nitrogens with zero attached hydrogens (tertiary/aromatic N) is 1. The summed E-state index contributed by atoms with van der Waals surface area (Å²) in [6.07, 6.45) is 3.47. The second-order valence-corrected chi connectivity index (χ2v) is 4.07. The SMILES string of the molecule is O=C(NCC(O)Cn1ccccc1=O)c1ccoc1. The van der Waals surface area contributed by atoms with Gasteiger partial charge in [-0.25, -0.2) is 0 Å². The second kappa shape index (κ2) is 6.01. The van der Waals surface area contributed by atoms with Gasteiger partial charge in [-0.1, -0.05) is 6.07 Å². The van der Waals surface area contributed by atoms with E-state index in [4.69, 9.17) is 4.42 Å². The highest BCUT2D eigenvalue weighted by Gasteiger charge is 2.10. The molecule has 0 radical (unpaired) electrons. The van der Waals surface area contributed by atoms with Gasteiger partial charge >= 0.3 is 0 Å². The van der Waals surface area contributed by atoms with Crippen LogP contribution in [0.1, 0.15) is 10.4 Å². The average Bonchev–Trinajstić information content (AvgIpc) is 2.93. The smallest absolute Gasteiger partial charge is 0.254 e. The highest BCUT2D eigenvalue weighted by atomic mass is 16.3. The van der Waals surface area contributed by atoms with E-state index in [-0.39, 0.29) is 24.6 Å². The van der Waals surface area contributed by atoms with Crippen LogP contribution in [0.25, 0.3) is 0 Å². The van der Waals surface area contributed by atoms with Crippen LogP contribution in [0, 0.1) is 0 Å². The Labute approximate surface area is 109 Å². The molecule has 1 unspecified atom stereocenters. The normalized spacial score (nSPS) is 12.1. The van der Waals surface area contributed by atoms with Crippen molar-refractivity contribution in [1.82, 2.24) is 9.88 Å². The van der Waals surface area contributed by atoms with Crippen molar-refractivity contribution in [3.63, 3.8) is 0 Å². The topological polar surface area (TPSA) is 84.5 Å². The van der Waals surface area contributed by atoms with Gasteiger partial charge in [0.25, 0.3) is 11.5 Å². The van der Waals surface area contributed by atoms with E-state index in [2.05, 4.69) is 5.32 Å². The number of carbonyl (C=O) groups excluding carboxylic acids is 1. The van der Waals surface area contributed by atoms with Crippen molar-refractivity contribution >= 4 is 5.91 Å². The fraction of sp³-hybridized carbons (Fsp3) is 0.231. The van der Waals surface area contributed by atoms with Gasteiger partial charge < -0.3 is 19.4 Å². The van der Waals surface area contributed by atoms with Crippen molar-refractivity contribution in [1.29, 1.82) is 0 Å². The third kappa shape index (κ3) is 3.56. The van der Waals surface area contributed by atoms with Crippen LogP contribution in [0.3, 0.4) is 0 Å². The summed E-state index contributed by atoms with van der Waals surface area (Å²) in [4.78, 5) is 23.0. The van der Waals surface area contributed by atoms with Crippen molar-refractivity contribution in [3.05, 3.63) is 58.9 Å². The van der Waals surface area contributed by atoms with Gasteiger partial charge in [0.2, 0.25) is 0 Å². The molecular weight excluding hydrogens is 248 g/mol. The molecule has 2 aromatic rings. The Morgan fingerprint density at radius 3 is 2.95 bits per heavy atom. The summed E-state index contributed by atoms with van der Waals surface area (Å²) in [7, 11) is 0. The van der Waals surface area contributed by atoms with Crippen LogP contribution in [0.15, 0.2) is 52.2 Å². The Hall–Kier alpha value is -2.34. The van der Waals surface area contributed by atoms with Gasteiger partial charge in [0.1, 0.15) is 6.26 Å². The van der Waals surface area contributed by atoms with Crippen molar-refractivity contribution in [2.24, 2.45) is 0 Å². The third-order valence-corrected chi connectivity index (χ3v) is 2.59. The lowest BCUT2D eigenvalue weighted by Crippen LogP contribution is -2.36. The van der Waals surface area contributed by atoms with E-state index >= 15 is 0 Å². The number of rotatable bonds is 5.